The first-order chi connectivity index (χ1) is 20.3. The average Bonchev–Trinajstić information content (AvgIpc) is 3.65. The topological polar surface area (TPSA) is 130 Å². The second-order valence-corrected chi connectivity index (χ2v) is 10.9. The standard InChI is InChI=1S/C31H35N7O4/c1-20(2)26-19-42-31(41)38(26)27-12-15-33-30(36-27)34-21(3)23-7-9-25(10-8-23)35-29(40)24-13-16-37(18-24)28(39)11-6-22-5-4-14-32-17-22/h4-12,14-15,17,20-21,24,26H,13,16,18-19H2,1-3H3,(H,35,40)(H,33,34,36)/b11-6+/t21-,24?,26+/m0/s1. The number of aromatic nitrogens is 3. The van der Waals surface area contributed by atoms with Crippen LogP contribution in [0.5, 0.6) is 0 Å². The minimum Gasteiger partial charge on any atom is -0.447 e. The van der Waals surface area contributed by atoms with Crippen molar-refractivity contribution in [2.45, 2.75) is 39.3 Å². The van der Waals surface area contributed by atoms with E-state index in [1.54, 1.807) is 40.5 Å². The van der Waals surface area contributed by atoms with Crippen molar-refractivity contribution in [3.05, 3.63) is 78.3 Å². The van der Waals surface area contributed by atoms with Gasteiger partial charge in [0.05, 0.1) is 18.0 Å². The number of hydrogen-bond donors (Lipinski definition) is 2. The van der Waals surface area contributed by atoms with Crippen LogP contribution < -0.4 is 15.5 Å². The van der Waals surface area contributed by atoms with E-state index in [-0.39, 0.29) is 35.7 Å². The van der Waals surface area contributed by atoms with E-state index in [4.69, 9.17) is 4.74 Å². The molecule has 2 N–H and O–H groups in total. The number of benzene rings is 1. The maximum absolute atomic E-state index is 12.9. The first kappa shape index (κ1) is 28.7. The molecule has 2 aliphatic rings. The van der Waals surface area contributed by atoms with E-state index in [0.717, 1.165) is 11.1 Å². The highest BCUT2D eigenvalue weighted by Gasteiger charge is 2.37. The monoisotopic (exact) mass is 569 g/mol. The number of likely N-dealkylation sites (tertiary alicyclic amines) is 1. The zero-order valence-electron chi connectivity index (χ0n) is 23.9. The molecule has 0 aliphatic carbocycles. The Hall–Kier alpha value is -4.80. The summed E-state index contributed by atoms with van der Waals surface area (Å²) in [6.07, 6.45) is 8.45. The molecular formula is C31H35N7O4. The number of carbonyl (C=O) groups excluding carboxylic acids is 3. The second-order valence-electron chi connectivity index (χ2n) is 10.9. The van der Waals surface area contributed by atoms with Gasteiger partial charge in [-0.2, -0.15) is 4.98 Å². The molecule has 11 heteroatoms. The van der Waals surface area contributed by atoms with Crippen molar-refractivity contribution in [1.82, 2.24) is 19.9 Å². The fourth-order valence-electron chi connectivity index (χ4n) is 5.04. The number of nitrogens with zero attached hydrogens (tertiary/aromatic N) is 5. The van der Waals surface area contributed by atoms with Gasteiger partial charge < -0.3 is 20.3 Å². The third kappa shape index (κ3) is 6.73. The molecule has 3 amide bonds. The zero-order valence-corrected chi connectivity index (χ0v) is 23.9. The van der Waals surface area contributed by atoms with Crippen LogP contribution in [0.2, 0.25) is 0 Å². The normalized spacial score (nSPS) is 19.3. The van der Waals surface area contributed by atoms with Gasteiger partial charge in [0.15, 0.2) is 0 Å². The van der Waals surface area contributed by atoms with Crippen LogP contribution in [0, 0.1) is 11.8 Å². The van der Waals surface area contributed by atoms with E-state index < -0.39 is 6.09 Å². The number of nitrogens with one attached hydrogen (secondary N) is 2. The van der Waals surface area contributed by atoms with Gasteiger partial charge in [-0.3, -0.25) is 19.5 Å². The van der Waals surface area contributed by atoms with Crippen LogP contribution >= 0.6 is 0 Å². The molecule has 0 bridgehead atoms. The Bertz CT molecular complexity index is 1450. The third-order valence-electron chi connectivity index (χ3n) is 7.56. The van der Waals surface area contributed by atoms with E-state index in [1.807, 2.05) is 57.2 Å². The number of anilines is 3. The van der Waals surface area contributed by atoms with E-state index in [2.05, 4.69) is 25.6 Å². The SMILES string of the molecule is CC(C)[C@H]1COC(=O)N1c1ccnc(N[C@@H](C)c2ccc(NC(=O)C3CCN(C(=O)/C=C/c4cccnc4)C3)cc2)n1. The van der Waals surface area contributed by atoms with Crippen LogP contribution in [0.25, 0.3) is 6.08 Å². The van der Waals surface area contributed by atoms with Gasteiger partial charge in [-0.05, 0) is 60.7 Å². The number of pyridine rings is 1. The highest BCUT2D eigenvalue weighted by Crippen LogP contribution is 2.27. The lowest BCUT2D eigenvalue weighted by Crippen LogP contribution is -2.37. The summed E-state index contributed by atoms with van der Waals surface area (Å²) in [6, 6.07) is 12.7. The molecule has 3 atom stereocenters. The fourth-order valence-corrected chi connectivity index (χ4v) is 5.04. The summed E-state index contributed by atoms with van der Waals surface area (Å²) in [5.74, 6) is 0.621. The highest BCUT2D eigenvalue weighted by molar-refractivity contribution is 5.95. The molecule has 3 aromatic rings. The maximum atomic E-state index is 12.9. The van der Waals surface area contributed by atoms with Gasteiger partial charge in [-0.25, -0.2) is 9.78 Å². The van der Waals surface area contributed by atoms with E-state index >= 15 is 0 Å². The molecule has 42 heavy (non-hydrogen) atoms. The predicted octanol–water partition coefficient (Wildman–Crippen LogP) is 4.53. The summed E-state index contributed by atoms with van der Waals surface area (Å²) in [5.41, 5.74) is 2.50. The lowest BCUT2D eigenvalue weighted by Gasteiger charge is -2.23. The highest BCUT2D eigenvalue weighted by atomic mass is 16.6. The molecule has 0 saturated carbocycles. The molecule has 1 aromatic carbocycles. The second kappa shape index (κ2) is 12.8. The molecule has 0 radical (unpaired) electrons. The first-order valence-electron chi connectivity index (χ1n) is 14.1. The molecule has 1 unspecified atom stereocenters. The van der Waals surface area contributed by atoms with E-state index in [1.165, 1.54) is 6.08 Å². The van der Waals surface area contributed by atoms with Crippen molar-refractivity contribution >= 4 is 41.4 Å². The van der Waals surface area contributed by atoms with E-state index in [0.29, 0.717) is 43.6 Å². The third-order valence-corrected chi connectivity index (χ3v) is 7.56. The van der Waals surface area contributed by atoms with Crippen molar-refractivity contribution in [3.8, 4) is 0 Å². The average molecular weight is 570 g/mol. The van der Waals surface area contributed by atoms with Crippen LogP contribution in [-0.2, 0) is 14.3 Å². The number of carbonyl (C=O) groups is 3. The smallest absolute Gasteiger partial charge is 0.415 e. The summed E-state index contributed by atoms with van der Waals surface area (Å²) in [7, 11) is 0. The molecule has 2 saturated heterocycles. The summed E-state index contributed by atoms with van der Waals surface area (Å²) < 4.78 is 5.25. The maximum Gasteiger partial charge on any atom is 0.415 e. The zero-order chi connectivity index (χ0) is 29.6. The number of amides is 3. The summed E-state index contributed by atoms with van der Waals surface area (Å²) in [5, 5.41) is 6.26. The van der Waals surface area contributed by atoms with Crippen LogP contribution in [0.15, 0.2) is 67.1 Å². The number of ether oxygens (including phenoxy) is 1. The quantitative estimate of drug-likeness (QED) is 0.360. The molecule has 5 rings (SSSR count). The largest absolute Gasteiger partial charge is 0.447 e. The molecule has 4 heterocycles. The van der Waals surface area contributed by atoms with Crippen LogP contribution in [-0.4, -0.2) is 63.5 Å². The minimum atomic E-state index is -0.404. The summed E-state index contributed by atoms with van der Waals surface area (Å²) in [6.45, 7) is 7.33. The molecule has 218 valence electrons. The minimum absolute atomic E-state index is 0.0810. The number of cyclic esters (lactones) is 1. The van der Waals surface area contributed by atoms with Gasteiger partial charge in [-0.15, -0.1) is 0 Å². The van der Waals surface area contributed by atoms with Gasteiger partial charge in [0.25, 0.3) is 0 Å². The van der Waals surface area contributed by atoms with Gasteiger partial charge >= 0.3 is 6.09 Å². The van der Waals surface area contributed by atoms with E-state index in [9.17, 15) is 14.4 Å². The summed E-state index contributed by atoms with van der Waals surface area (Å²) in [4.78, 5) is 54.0. The van der Waals surface area contributed by atoms with Crippen molar-refractivity contribution in [1.29, 1.82) is 0 Å². The Balaban J connectivity index is 1.14. The van der Waals surface area contributed by atoms with Crippen molar-refractivity contribution < 1.29 is 19.1 Å². The van der Waals surface area contributed by atoms with Gasteiger partial charge in [0.1, 0.15) is 12.4 Å². The molecule has 2 aromatic heterocycles. The molecule has 0 spiro atoms. The van der Waals surface area contributed by atoms with Gasteiger partial charge in [0, 0.05) is 43.4 Å². The Morgan fingerprint density at radius 2 is 1.90 bits per heavy atom. The van der Waals surface area contributed by atoms with Crippen molar-refractivity contribution in [3.63, 3.8) is 0 Å². The Morgan fingerprint density at radius 3 is 2.64 bits per heavy atom. The molecule has 11 nitrogen and oxygen atoms in total. The lowest BCUT2D eigenvalue weighted by atomic mass is 10.0. The Kier molecular flexibility index (Phi) is 8.75. The fraction of sp³-hybridized carbons (Fsp3) is 0.355. The first-order valence-corrected chi connectivity index (χ1v) is 14.1. The van der Waals surface area contributed by atoms with Gasteiger partial charge in [-0.1, -0.05) is 32.0 Å². The number of hydrogen-bond acceptors (Lipinski definition) is 8. The van der Waals surface area contributed by atoms with Crippen molar-refractivity contribution in [2.75, 3.05) is 35.2 Å². The Morgan fingerprint density at radius 1 is 1.10 bits per heavy atom. The molecular weight excluding hydrogens is 534 g/mol. The van der Waals surface area contributed by atoms with Crippen molar-refractivity contribution in [2.24, 2.45) is 11.8 Å². The summed E-state index contributed by atoms with van der Waals surface area (Å²) >= 11 is 0. The molecule has 2 fully saturated rings. The lowest BCUT2D eigenvalue weighted by molar-refractivity contribution is -0.125. The van der Waals surface area contributed by atoms with Crippen LogP contribution in [0.1, 0.15) is 44.4 Å². The Labute approximate surface area is 245 Å². The van der Waals surface area contributed by atoms with Crippen LogP contribution in [0.3, 0.4) is 0 Å². The van der Waals surface area contributed by atoms with Gasteiger partial charge in [0.2, 0.25) is 17.8 Å². The number of rotatable bonds is 9. The predicted molar refractivity (Wildman–Crippen MR) is 160 cm³/mol. The molecule has 2 aliphatic heterocycles. The van der Waals surface area contributed by atoms with Crippen LogP contribution in [0.4, 0.5) is 22.2 Å².